The number of nitrogens with zero attached hydrogens (tertiary/aromatic N) is 4. The second-order valence-corrected chi connectivity index (χ2v) is 4.69. The highest BCUT2D eigenvalue weighted by Gasteiger charge is 2.08. The first-order chi connectivity index (χ1) is 9.67. The number of benzene rings is 1. The van der Waals surface area contributed by atoms with Gasteiger partial charge in [0, 0.05) is 29.9 Å². The maximum absolute atomic E-state index is 5.89. The van der Waals surface area contributed by atoms with Gasteiger partial charge in [-0.15, -0.1) is 0 Å². The van der Waals surface area contributed by atoms with Gasteiger partial charge in [-0.3, -0.25) is 4.68 Å². The fourth-order valence-corrected chi connectivity index (χ4v) is 2.21. The molecule has 3 rings (SSSR count). The Labute approximate surface area is 116 Å². The molecule has 102 valence electrons. The molecule has 0 aliphatic rings. The molecule has 0 aliphatic carbocycles. The van der Waals surface area contributed by atoms with Crippen molar-refractivity contribution in [2.45, 2.75) is 19.9 Å². The Bertz CT molecular complexity index is 761. The molecular weight excluding hydrogens is 252 g/mol. The molecule has 0 atom stereocenters. The summed E-state index contributed by atoms with van der Waals surface area (Å²) in [5, 5.41) is 5.65. The van der Waals surface area contributed by atoms with Gasteiger partial charge in [0.2, 0.25) is 5.95 Å². The third-order valence-corrected chi connectivity index (χ3v) is 3.16. The molecule has 6 heteroatoms. The van der Waals surface area contributed by atoms with Crippen LogP contribution in [0.2, 0.25) is 0 Å². The molecule has 0 unspecified atom stereocenters. The third kappa shape index (κ3) is 2.16. The van der Waals surface area contributed by atoms with Crippen LogP contribution in [0, 0.1) is 0 Å². The van der Waals surface area contributed by atoms with Crippen molar-refractivity contribution in [3.8, 4) is 11.1 Å². The summed E-state index contributed by atoms with van der Waals surface area (Å²) >= 11 is 0. The largest absolute Gasteiger partial charge is 0.383 e. The average Bonchev–Trinajstić information content (AvgIpc) is 2.80. The third-order valence-electron chi connectivity index (χ3n) is 3.16. The molecular formula is C14H16N6. The van der Waals surface area contributed by atoms with E-state index in [-0.39, 0.29) is 5.95 Å². The summed E-state index contributed by atoms with van der Waals surface area (Å²) in [6.07, 6.45) is 4.74. The molecule has 4 N–H and O–H groups in total. The molecule has 2 heterocycles. The average molecular weight is 268 g/mol. The maximum atomic E-state index is 5.89. The SMILES string of the molecule is CCCn1cc2ccc(-c3cnc(N)nc3N)cc2n1. The van der Waals surface area contributed by atoms with Gasteiger partial charge in [-0.2, -0.15) is 10.1 Å². The lowest BCUT2D eigenvalue weighted by molar-refractivity contribution is 0.609. The molecule has 6 nitrogen and oxygen atoms in total. The van der Waals surface area contributed by atoms with Crippen molar-refractivity contribution in [3.05, 3.63) is 30.6 Å². The quantitative estimate of drug-likeness (QED) is 0.758. The molecule has 1 aromatic carbocycles. The first kappa shape index (κ1) is 12.4. The summed E-state index contributed by atoms with van der Waals surface area (Å²) in [4.78, 5) is 7.98. The Morgan fingerprint density at radius 2 is 2.10 bits per heavy atom. The van der Waals surface area contributed by atoms with Crippen LogP contribution in [-0.4, -0.2) is 19.7 Å². The van der Waals surface area contributed by atoms with E-state index in [9.17, 15) is 0 Å². The summed E-state index contributed by atoms with van der Waals surface area (Å²) in [5.74, 6) is 0.560. The zero-order chi connectivity index (χ0) is 14.1. The predicted octanol–water partition coefficient (Wildman–Crippen LogP) is 2.07. The lowest BCUT2D eigenvalue weighted by Crippen LogP contribution is -2.00. The van der Waals surface area contributed by atoms with Gasteiger partial charge in [0.15, 0.2) is 0 Å². The zero-order valence-electron chi connectivity index (χ0n) is 11.2. The molecule has 3 aromatic rings. The van der Waals surface area contributed by atoms with Crippen molar-refractivity contribution in [1.82, 2.24) is 19.7 Å². The molecule has 0 bridgehead atoms. The molecule has 20 heavy (non-hydrogen) atoms. The highest BCUT2D eigenvalue weighted by Crippen LogP contribution is 2.27. The number of rotatable bonds is 3. The highest BCUT2D eigenvalue weighted by atomic mass is 15.3. The van der Waals surface area contributed by atoms with Crippen LogP contribution in [-0.2, 0) is 6.54 Å². The number of hydrogen-bond acceptors (Lipinski definition) is 5. The Balaban J connectivity index is 2.07. The molecule has 0 amide bonds. The Morgan fingerprint density at radius 3 is 2.85 bits per heavy atom. The number of nitrogen functional groups attached to an aromatic ring is 2. The summed E-state index contributed by atoms with van der Waals surface area (Å²) < 4.78 is 1.96. The summed E-state index contributed by atoms with van der Waals surface area (Å²) in [6, 6.07) is 6.01. The fourth-order valence-electron chi connectivity index (χ4n) is 2.21. The van der Waals surface area contributed by atoms with Gasteiger partial charge in [-0.05, 0) is 18.1 Å². The van der Waals surface area contributed by atoms with Crippen molar-refractivity contribution in [2.24, 2.45) is 0 Å². The van der Waals surface area contributed by atoms with E-state index in [1.165, 1.54) is 0 Å². The van der Waals surface area contributed by atoms with Crippen LogP contribution in [0.3, 0.4) is 0 Å². The van der Waals surface area contributed by atoms with Gasteiger partial charge in [0.05, 0.1) is 5.52 Å². The number of hydrogen-bond donors (Lipinski definition) is 2. The van der Waals surface area contributed by atoms with Gasteiger partial charge in [-0.1, -0.05) is 19.1 Å². The zero-order valence-corrected chi connectivity index (χ0v) is 11.2. The minimum Gasteiger partial charge on any atom is -0.383 e. The van der Waals surface area contributed by atoms with Crippen LogP contribution < -0.4 is 11.5 Å². The van der Waals surface area contributed by atoms with Crippen LogP contribution in [0.4, 0.5) is 11.8 Å². The van der Waals surface area contributed by atoms with Gasteiger partial charge >= 0.3 is 0 Å². The number of aryl methyl sites for hydroxylation is 1. The standard InChI is InChI=1S/C14H16N6/c1-2-5-20-8-10-4-3-9(6-12(10)19-20)11-7-17-14(16)18-13(11)15/h3-4,6-8H,2,5H2,1H3,(H4,15,16,17,18). The van der Waals surface area contributed by atoms with E-state index >= 15 is 0 Å². The Morgan fingerprint density at radius 1 is 1.25 bits per heavy atom. The lowest BCUT2D eigenvalue weighted by atomic mass is 10.1. The number of nitrogens with two attached hydrogens (primary N) is 2. The first-order valence-electron chi connectivity index (χ1n) is 6.53. The minimum absolute atomic E-state index is 0.180. The van der Waals surface area contributed by atoms with E-state index in [1.54, 1.807) is 6.20 Å². The van der Waals surface area contributed by atoms with Crippen LogP contribution in [0.5, 0.6) is 0 Å². The van der Waals surface area contributed by atoms with Crippen molar-refractivity contribution in [2.75, 3.05) is 11.5 Å². The molecule has 0 saturated carbocycles. The van der Waals surface area contributed by atoms with Crippen molar-refractivity contribution in [1.29, 1.82) is 0 Å². The smallest absolute Gasteiger partial charge is 0.221 e. The van der Waals surface area contributed by atoms with Crippen LogP contribution in [0.15, 0.2) is 30.6 Å². The van der Waals surface area contributed by atoms with Crippen LogP contribution in [0.1, 0.15) is 13.3 Å². The number of aromatic nitrogens is 4. The number of anilines is 2. The highest BCUT2D eigenvalue weighted by molar-refractivity contribution is 5.86. The van der Waals surface area contributed by atoms with Crippen LogP contribution in [0.25, 0.3) is 22.0 Å². The Hall–Kier alpha value is -2.63. The number of fused-ring (bicyclic) bond motifs is 1. The second-order valence-electron chi connectivity index (χ2n) is 4.69. The molecule has 0 saturated heterocycles. The normalized spacial score (nSPS) is 11.1. The van der Waals surface area contributed by atoms with E-state index in [0.29, 0.717) is 5.82 Å². The topological polar surface area (TPSA) is 95.6 Å². The van der Waals surface area contributed by atoms with Gasteiger partial charge in [-0.25, -0.2) is 4.98 Å². The van der Waals surface area contributed by atoms with Crippen molar-refractivity contribution < 1.29 is 0 Å². The van der Waals surface area contributed by atoms with Gasteiger partial charge in [0.25, 0.3) is 0 Å². The molecule has 0 radical (unpaired) electrons. The van der Waals surface area contributed by atoms with E-state index in [1.807, 2.05) is 29.1 Å². The molecule has 0 aliphatic heterocycles. The van der Waals surface area contributed by atoms with Gasteiger partial charge in [0.1, 0.15) is 5.82 Å². The monoisotopic (exact) mass is 268 g/mol. The summed E-state index contributed by atoms with van der Waals surface area (Å²) in [5.41, 5.74) is 14.1. The van der Waals surface area contributed by atoms with E-state index in [2.05, 4.69) is 22.0 Å². The molecule has 0 fully saturated rings. The van der Waals surface area contributed by atoms with Crippen LogP contribution >= 0.6 is 0 Å². The molecule has 0 spiro atoms. The van der Waals surface area contributed by atoms with E-state index in [4.69, 9.17) is 11.5 Å². The lowest BCUT2D eigenvalue weighted by Gasteiger charge is -2.04. The van der Waals surface area contributed by atoms with Crippen molar-refractivity contribution in [3.63, 3.8) is 0 Å². The summed E-state index contributed by atoms with van der Waals surface area (Å²) in [6.45, 7) is 3.04. The van der Waals surface area contributed by atoms with E-state index in [0.717, 1.165) is 35.0 Å². The fraction of sp³-hybridized carbons (Fsp3) is 0.214. The predicted molar refractivity (Wildman–Crippen MR) is 79.9 cm³/mol. The minimum atomic E-state index is 0.180. The van der Waals surface area contributed by atoms with Gasteiger partial charge < -0.3 is 11.5 Å². The second kappa shape index (κ2) is 4.80. The van der Waals surface area contributed by atoms with E-state index < -0.39 is 0 Å². The van der Waals surface area contributed by atoms with Crippen molar-refractivity contribution >= 4 is 22.7 Å². The summed E-state index contributed by atoms with van der Waals surface area (Å²) in [7, 11) is 0. The molecule has 2 aromatic heterocycles. The first-order valence-corrected chi connectivity index (χ1v) is 6.53. The maximum Gasteiger partial charge on any atom is 0.221 e. The Kier molecular flexibility index (Phi) is 2.98.